The maximum atomic E-state index is 9.47. The summed E-state index contributed by atoms with van der Waals surface area (Å²) >= 11 is 16.5. The molecular weight excluding hydrogens is 222 g/mol. The van der Waals surface area contributed by atoms with E-state index in [0.717, 1.165) is 12.8 Å². The summed E-state index contributed by atoms with van der Waals surface area (Å²) in [6.45, 7) is 0.663. The largest absolute Gasteiger partial charge is 0.501 e. The van der Waals surface area contributed by atoms with E-state index in [0.29, 0.717) is 12.2 Å². The van der Waals surface area contributed by atoms with Crippen molar-refractivity contribution in [3.63, 3.8) is 0 Å². The van der Waals surface area contributed by atoms with Crippen LogP contribution in [0.15, 0.2) is 11.8 Å². The summed E-state index contributed by atoms with van der Waals surface area (Å²) in [5, 5.41) is 9.47. The summed E-state index contributed by atoms with van der Waals surface area (Å²) in [6.07, 6.45) is 1.97. The molecule has 0 fully saturated rings. The Morgan fingerprint density at radius 1 is 1.50 bits per heavy atom. The Balaban J connectivity index is 2.62. The third-order valence-electron chi connectivity index (χ3n) is 1.62. The summed E-state index contributed by atoms with van der Waals surface area (Å²) in [5.41, 5.74) is 0.640. The molecule has 0 saturated heterocycles. The van der Waals surface area contributed by atoms with Gasteiger partial charge >= 0.3 is 0 Å². The Morgan fingerprint density at radius 3 is 2.58 bits per heavy atom. The second kappa shape index (κ2) is 4.05. The van der Waals surface area contributed by atoms with Crippen LogP contribution in [0.4, 0.5) is 0 Å². The van der Waals surface area contributed by atoms with Crippen LogP contribution in [-0.2, 0) is 4.74 Å². The van der Waals surface area contributed by atoms with E-state index in [-0.39, 0.29) is 0 Å². The van der Waals surface area contributed by atoms with Crippen molar-refractivity contribution in [2.45, 2.75) is 22.7 Å². The highest BCUT2D eigenvalue weighted by molar-refractivity contribution is 6.68. The second-order valence-electron chi connectivity index (χ2n) is 2.61. The van der Waals surface area contributed by atoms with Crippen molar-refractivity contribution in [1.29, 1.82) is 0 Å². The minimum atomic E-state index is -1.66. The fraction of sp³-hybridized carbons (Fsp3) is 0.714. The molecule has 0 aromatic rings. The Labute approximate surface area is 86.1 Å². The number of aliphatic hydroxyl groups excluding tert-OH is 1. The summed E-state index contributed by atoms with van der Waals surface area (Å²) in [4.78, 5) is 0. The third-order valence-corrected chi connectivity index (χ3v) is 2.24. The first-order valence-electron chi connectivity index (χ1n) is 3.57. The molecule has 1 aliphatic heterocycles. The standard InChI is InChI=1S/C7H9Cl3O2/c8-7(9,10)6(11)5-2-1-3-12-4-5/h4,6,11H,1-3H2. The summed E-state index contributed by atoms with van der Waals surface area (Å²) in [5.74, 6) is 0. The lowest BCUT2D eigenvalue weighted by molar-refractivity contribution is 0.171. The predicted octanol–water partition coefficient (Wildman–Crippen LogP) is 2.41. The van der Waals surface area contributed by atoms with E-state index in [1.165, 1.54) is 6.26 Å². The first kappa shape index (κ1) is 10.5. The molecule has 1 rings (SSSR count). The van der Waals surface area contributed by atoms with Crippen molar-refractivity contribution in [3.8, 4) is 0 Å². The number of hydrogen-bond donors (Lipinski definition) is 1. The van der Waals surface area contributed by atoms with Crippen LogP contribution in [0.25, 0.3) is 0 Å². The summed E-state index contributed by atoms with van der Waals surface area (Å²) < 4.78 is 3.34. The summed E-state index contributed by atoms with van der Waals surface area (Å²) in [7, 11) is 0. The fourth-order valence-electron chi connectivity index (χ4n) is 0.996. The zero-order valence-electron chi connectivity index (χ0n) is 6.27. The highest BCUT2D eigenvalue weighted by atomic mass is 35.6. The molecule has 0 amide bonds. The van der Waals surface area contributed by atoms with Gasteiger partial charge in [0.1, 0.15) is 6.10 Å². The average Bonchev–Trinajstić information content (AvgIpc) is 2.03. The number of ether oxygens (including phenoxy) is 1. The maximum absolute atomic E-state index is 9.47. The van der Waals surface area contributed by atoms with Gasteiger partial charge in [-0.25, -0.2) is 0 Å². The van der Waals surface area contributed by atoms with Crippen LogP contribution in [0.3, 0.4) is 0 Å². The molecule has 70 valence electrons. The van der Waals surface area contributed by atoms with Gasteiger partial charge in [0.25, 0.3) is 0 Å². The Bertz CT molecular complexity index is 186. The van der Waals surface area contributed by atoms with Gasteiger partial charge in [0, 0.05) is 0 Å². The van der Waals surface area contributed by atoms with Gasteiger partial charge in [0.05, 0.1) is 12.9 Å². The lowest BCUT2D eigenvalue weighted by Gasteiger charge is -2.23. The van der Waals surface area contributed by atoms with E-state index in [1.807, 2.05) is 0 Å². The predicted molar refractivity (Wildman–Crippen MR) is 49.6 cm³/mol. The van der Waals surface area contributed by atoms with Gasteiger partial charge in [-0.1, -0.05) is 34.8 Å². The summed E-state index contributed by atoms with van der Waals surface area (Å²) in [6, 6.07) is 0. The third kappa shape index (κ3) is 2.70. The zero-order chi connectivity index (χ0) is 9.19. The first-order chi connectivity index (χ1) is 5.52. The van der Waals surface area contributed by atoms with Gasteiger partial charge in [-0.2, -0.15) is 0 Å². The molecule has 1 unspecified atom stereocenters. The van der Waals surface area contributed by atoms with Crippen molar-refractivity contribution < 1.29 is 9.84 Å². The van der Waals surface area contributed by atoms with Crippen LogP contribution >= 0.6 is 34.8 Å². The maximum Gasteiger partial charge on any atom is 0.219 e. The lowest BCUT2D eigenvalue weighted by Crippen LogP contribution is -2.28. The van der Waals surface area contributed by atoms with Crippen LogP contribution in [0, 0.1) is 0 Å². The van der Waals surface area contributed by atoms with Gasteiger partial charge in [-0.15, -0.1) is 0 Å². The fourth-order valence-corrected chi connectivity index (χ4v) is 1.42. The Hall–Kier alpha value is 0.370. The Morgan fingerprint density at radius 2 is 2.17 bits per heavy atom. The van der Waals surface area contributed by atoms with E-state index in [9.17, 15) is 5.11 Å². The van der Waals surface area contributed by atoms with Crippen molar-refractivity contribution in [2.24, 2.45) is 0 Å². The van der Waals surface area contributed by atoms with Gasteiger partial charge < -0.3 is 9.84 Å². The monoisotopic (exact) mass is 230 g/mol. The van der Waals surface area contributed by atoms with Crippen LogP contribution in [0.2, 0.25) is 0 Å². The van der Waals surface area contributed by atoms with Gasteiger partial charge in [-0.3, -0.25) is 0 Å². The number of rotatable bonds is 1. The number of halogens is 3. The molecule has 2 nitrogen and oxygen atoms in total. The molecule has 0 aromatic carbocycles. The lowest BCUT2D eigenvalue weighted by atomic mass is 10.1. The molecule has 1 N–H and O–H groups in total. The highest BCUT2D eigenvalue weighted by Crippen LogP contribution is 2.35. The smallest absolute Gasteiger partial charge is 0.219 e. The second-order valence-corrected chi connectivity index (χ2v) is 4.98. The minimum Gasteiger partial charge on any atom is -0.501 e. The van der Waals surface area contributed by atoms with E-state index < -0.39 is 9.90 Å². The van der Waals surface area contributed by atoms with Crippen LogP contribution < -0.4 is 0 Å². The molecule has 0 bridgehead atoms. The zero-order valence-corrected chi connectivity index (χ0v) is 8.53. The van der Waals surface area contributed by atoms with Crippen LogP contribution in [0.5, 0.6) is 0 Å². The molecule has 0 aliphatic carbocycles. The Kier molecular flexibility index (Phi) is 3.53. The quantitative estimate of drug-likeness (QED) is 0.702. The van der Waals surface area contributed by atoms with Crippen molar-refractivity contribution in [1.82, 2.24) is 0 Å². The molecule has 5 heteroatoms. The molecule has 0 radical (unpaired) electrons. The van der Waals surface area contributed by atoms with Crippen molar-refractivity contribution >= 4 is 34.8 Å². The number of aliphatic hydroxyl groups is 1. The van der Waals surface area contributed by atoms with Gasteiger partial charge in [-0.05, 0) is 18.4 Å². The first-order valence-corrected chi connectivity index (χ1v) is 4.70. The molecule has 0 spiro atoms. The average molecular weight is 232 g/mol. The van der Waals surface area contributed by atoms with Crippen molar-refractivity contribution in [3.05, 3.63) is 11.8 Å². The SMILES string of the molecule is OC(C1=COCCC1)C(Cl)(Cl)Cl. The van der Waals surface area contributed by atoms with E-state index >= 15 is 0 Å². The number of alkyl halides is 3. The van der Waals surface area contributed by atoms with Crippen molar-refractivity contribution in [2.75, 3.05) is 6.61 Å². The minimum absolute atomic E-state index is 0.640. The van der Waals surface area contributed by atoms with Gasteiger partial charge in [0.15, 0.2) is 0 Å². The number of hydrogen-bond acceptors (Lipinski definition) is 2. The topological polar surface area (TPSA) is 29.5 Å². The molecule has 1 aliphatic rings. The van der Waals surface area contributed by atoms with Crippen LogP contribution in [0.1, 0.15) is 12.8 Å². The van der Waals surface area contributed by atoms with Crippen LogP contribution in [-0.4, -0.2) is 21.6 Å². The molecule has 1 atom stereocenters. The molecule has 0 saturated carbocycles. The van der Waals surface area contributed by atoms with E-state index in [2.05, 4.69) is 0 Å². The highest BCUT2D eigenvalue weighted by Gasteiger charge is 2.34. The van der Waals surface area contributed by atoms with E-state index in [1.54, 1.807) is 0 Å². The normalized spacial score (nSPS) is 21.2. The van der Waals surface area contributed by atoms with E-state index in [4.69, 9.17) is 39.5 Å². The molecular formula is C7H9Cl3O2. The van der Waals surface area contributed by atoms with Gasteiger partial charge in [0.2, 0.25) is 3.79 Å². The molecule has 12 heavy (non-hydrogen) atoms. The molecule has 0 aromatic heterocycles. The molecule has 1 heterocycles.